The van der Waals surface area contributed by atoms with E-state index in [1.54, 1.807) is 0 Å². The zero-order chi connectivity index (χ0) is 18.8. The molecule has 0 radical (unpaired) electrons. The van der Waals surface area contributed by atoms with E-state index < -0.39 is 12.6 Å². The fourth-order valence-corrected chi connectivity index (χ4v) is 5.05. The Labute approximate surface area is 158 Å². The van der Waals surface area contributed by atoms with E-state index in [0.717, 1.165) is 51.0 Å². The van der Waals surface area contributed by atoms with Crippen LogP contribution in [-0.4, -0.2) is 18.9 Å². The number of ether oxygens (including phenoxy) is 1. The van der Waals surface area contributed by atoms with Crippen LogP contribution in [0.1, 0.15) is 103 Å². The van der Waals surface area contributed by atoms with E-state index in [4.69, 9.17) is 4.74 Å². The third kappa shape index (κ3) is 8.63. The summed E-state index contributed by atoms with van der Waals surface area (Å²) in [4.78, 5) is 0. The summed E-state index contributed by atoms with van der Waals surface area (Å²) in [5.74, 6) is 1.28. The van der Waals surface area contributed by atoms with E-state index in [2.05, 4.69) is 6.92 Å². The molecule has 0 spiro atoms. The second-order valence-electron chi connectivity index (χ2n) is 8.78. The molecule has 154 valence electrons. The van der Waals surface area contributed by atoms with Gasteiger partial charge in [-0.2, -0.15) is 13.2 Å². The van der Waals surface area contributed by atoms with Gasteiger partial charge in [-0.15, -0.1) is 0 Å². The van der Waals surface area contributed by atoms with Gasteiger partial charge >= 0.3 is 6.18 Å². The van der Waals surface area contributed by atoms with Crippen molar-refractivity contribution in [1.29, 1.82) is 0 Å². The van der Waals surface area contributed by atoms with Crippen LogP contribution in [-0.2, 0) is 4.74 Å². The zero-order valence-electron chi connectivity index (χ0n) is 16.7. The summed E-state index contributed by atoms with van der Waals surface area (Å²) in [7, 11) is 0. The molecular weight excluding hydrogens is 337 g/mol. The van der Waals surface area contributed by atoms with Crippen LogP contribution in [0.5, 0.6) is 0 Å². The van der Waals surface area contributed by atoms with Crippen molar-refractivity contribution in [3.63, 3.8) is 0 Å². The molecule has 2 rings (SSSR count). The first-order chi connectivity index (χ1) is 12.5. The van der Waals surface area contributed by atoms with E-state index in [9.17, 15) is 13.2 Å². The molecule has 0 aromatic carbocycles. The van der Waals surface area contributed by atoms with Crippen LogP contribution in [0.15, 0.2) is 0 Å². The SMILES string of the molecule is CCCCCCCCOC1CCC(C2CCC(CC(F)(F)F)CC2)CC1. The standard InChI is InChI=1S/C22H39F3O/c1-2-3-4-5-6-7-16-26-21-14-12-20(13-15-21)19-10-8-18(9-11-19)17-22(23,24)25/h18-21H,2-17H2,1H3. The first kappa shape index (κ1) is 22.0. The molecule has 0 aliphatic heterocycles. The molecule has 0 aromatic rings. The molecule has 2 saturated carbocycles. The Hall–Kier alpha value is -0.250. The maximum Gasteiger partial charge on any atom is 0.389 e. The number of hydrogen-bond acceptors (Lipinski definition) is 1. The highest BCUT2D eigenvalue weighted by atomic mass is 19.4. The molecule has 2 aliphatic rings. The predicted molar refractivity (Wildman–Crippen MR) is 101 cm³/mol. The molecule has 0 saturated heterocycles. The van der Waals surface area contributed by atoms with Gasteiger partial charge in [-0.25, -0.2) is 0 Å². The largest absolute Gasteiger partial charge is 0.389 e. The van der Waals surface area contributed by atoms with E-state index in [1.165, 1.54) is 51.4 Å². The van der Waals surface area contributed by atoms with Gasteiger partial charge in [0.25, 0.3) is 0 Å². The fraction of sp³-hybridized carbons (Fsp3) is 1.00. The Morgan fingerprint density at radius 1 is 0.731 bits per heavy atom. The van der Waals surface area contributed by atoms with E-state index in [-0.39, 0.29) is 5.92 Å². The zero-order valence-corrected chi connectivity index (χ0v) is 16.7. The van der Waals surface area contributed by atoms with Gasteiger partial charge in [0.15, 0.2) is 0 Å². The minimum Gasteiger partial charge on any atom is -0.378 e. The highest BCUT2D eigenvalue weighted by molar-refractivity contribution is 4.83. The third-order valence-electron chi connectivity index (χ3n) is 6.65. The lowest BCUT2D eigenvalue weighted by Gasteiger charge is -2.38. The van der Waals surface area contributed by atoms with Crippen molar-refractivity contribution in [1.82, 2.24) is 0 Å². The molecule has 0 atom stereocenters. The average Bonchev–Trinajstić information content (AvgIpc) is 2.61. The maximum absolute atomic E-state index is 12.5. The molecule has 0 amide bonds. The van der Waals surface area contributed by atoms with Crippen molar-refractivity contribution in [3.05, 3.63) is 0 Å². The van der Waals surface area contributed by atoms with Gasteiger partial charge in [-0.05, 0) is 75.5 Å². The molecular formula is C22H39F3O. The lowest BCUT2D eigenvalue weighted by Crippen LogP contribution is -2.29. The average molecular weight is 377 g/mol. The lowest BCUT2D eigenvalue weighted by atomic mass is 9.70. The number of hydrogen-bond donors (Lipinski definition) is 0. The molecule has 0 bridgehead atoms. The summed E-state index contributed by atoms with van der Waals surface area (Å²) in [5.41, 5.74) is 0. The number of alkyl halides is 3. The molecule has 0 unspecified atom stereocenters. The van der Waals surface area contributed by atoms with Crippen LogP contribution in [0, 0.1) is 17.8 Å². The second kappa shape index (κ2) is 11.6. The summed E-state index contributed by atoms with van der Waals surface area (Å²) in [6.07, 6.45) is 12.0. The van der Waals surface area contributed by atoms with Gasteiger partial charge in [-0.1, -0.05) is 39.0 Å². The smallest absolute Gasteiger partial charge is 0.378 e. The molecule has 4 heteroatoms. The maximum atomic E-state index is 12.5. The normalized spacial score (nSPS) is 30.5. The Morgan fingerprint density at radius 2 is 1.27 bits per heavy atom. The molecule has 2 aliphatic carbocycles. The second-order valence-corrected chi connectivity index (χ2v) is 8.78. The van der Waals surface area contributed by atoms with Gasteiger partial charge in [0.2, 0.25) is 0 Å². The van der Waals surface area contributed by atoms with Crippen LogP contribution in [0.4, 0.5) is 13.2 Å². The quantitative estimate of drug-likeness (QED) is 0.355. The number of halogens is 3. The van der Waals surface area contributed by atoms with Gasteiger partial charge in [0.05, 0.1) is 6.10 Å². The summed E-state index contributed by atoms with van der Waals surface area (Å²) < 4.78 is 43.7. The van der Waals surface area contributed by atoms with Crippen molar-refractivity contribution in [2.45, 2.75) is 116 Å². The monoisotopic (exact) mass is 376 g/mol. The Balaban J connectivity index is 1.52. The van der Waals surface area contributed by atoms with Gasteiger partial charge in [0, 0.05) is 13.0 Å². The van der Waals surface area contributed by atoms with Crippen molar-refractivity contribution in [2.75, 3.05) is 6.61 Å². The van der Waals surface area contributed by atoms with Crippen molar-refractivity contribution in [3.8, 4) is 0 Å². The Morgan fingerprint density at radius 3 is 1.85 bits per heavy atom. The van der Waals surface area contributed by atoms with E-state index in [0.29, 0.717) is 12.0 Å². The molecule has 2 fully saturated rings. The Kier molecular flexibility index (Phi) is 9.80. The summed E-state index contributed by atoms with van der Waals surface area (Å²) in [6.45, 7) is 3.15. The first-order valence-electron chi connectivity index (χ1n) is 11.2. The number of unbranched alkanes of at least 4 members (excludes halogenated alkanes) is 5. The molecule has 26 heavy (non-hydrogen) atoms. The molecule has 1 nitrogen and oxygen atoms in total. The topological polar surface area (TPSA) is 9.23 Å². The highest BCUT2D eigenvalue weighted by Gasteiger charge is 2.36. The van der Waals surface area contributed by atoms with E-state index >= 15 is 0 Å². The van der Waals surface area contributed by atoms with Gasteiger partial charge in [0.1, 0.15) is 0 Å². The van der Waals surface area contributed by atoms with Crippen LogP contribution in [0.2, 0.25) is 0 Å². The van der Waals surface area contributed by atoms with Crippen LogP contribution < -0.4 is 0 Å². The molecule has 0 aromatic heterocycles. The van der Waals surface area contributed by atoms with Crippen molar-refractivity contribution in [2.24, 2.45) is 17.8 Å². The van der Waals surface area contributed by atoms with Gasteiger partial charge in [-0.3, -0.25) is 0 Å². The summed E-state index contributed by atoms with van der Waals surface area (Å²) >= 11 is 0. The highest BCUT2D eigenvalue weighted by Crippen LogP contribution is 2.43. The number of rotatable bonds is 10. The third-order valence-corrected chi connectivity index (χ3v) is 6.65. The minimum absolute atomic E-state index is 0.122. The minimum atomic E-state index is -3.98. The molecule has 0 heterocycles. The van der Waals surface area contributed by atoms with Crippen LogP contribution in [0.25, 0.3) is 0 Å². The fourth-order valence-electron chi connectivity index (χ4n) is 5.05. The predicted octanol–water partition coefficient (Wildman–Crippen LogP) is 7.68. The molecule has 0 N–H and O–H groups in total. The summed E-state index contributed by atoms with van der Waals surface area (Å²) in [5, 5.41) is 0. The first-order valence-corrected chi connectivity index (χ1v) is 11.2. The van der Waals surface area contributed by atoms with Gasteiger partial charge < -0.3 is 4.74 Å². The lowest BCUT2D eigenvalue weighted by molar-refractivity contribution is -0.147. The Bertz CT molecular complexity index is 353. The van der Waals surface area contributed by atoms with Crippen molar-refractivity contribution >= 4 is 0 Å². The van der Waals surface area contributed by atoms with Crippen LogP contribution >= 0.6 is 0 Å². The van der Waals surface area contributed by atoms with E-state index in [1.807, 2.05) is 0 Å². The van der Waals surface area contributed by atoms with Crippen LogP contribution in [0.3, 0.4) is 0 Å². The summed E-state index contributed by atoms with van der Waals surface area (Å²) in [6, 6.07) is 0. The van der Waals surface area contributed by atoms with Crippen molar-refractivity contribution < 1.29 is 17.9 Å².